The third-order valence-electron chi connectivity index (χ3n) is 6.53. The highest BCUT2D eigenvalue weighted by Crippen LogP contribution is 2.38. The van der Waals surface area contributed by atoms with Crippen molar-refractivity contribution in [2.24, 2.45) is 11.8 Å². The van der Waals surface area contributed by atoms with Crippen LogP contribution in [-0.2, 0) is 11.3 Å². The Balaban J connectivity index is 1.58. The molecule has 1 aliphatic carbocycles. The number of nitrogens with zero attached hydrogens (tertiary/aromatic N) is 1. The van der Waals surface area contributed by atoms with E-state index >= 15 is 0 Å². The van der Waals surface area contributed by atoms with Crippen molar-refractivity contribution < 1.29 is 14.0 Å². The first kappa shape index (κ1) is 22.2. The monoisotopic (exact) mass is 460 g/mol. The summed E-state index contributed by atoms with van der Waals surface area (Å²) in [7, 11) is 0. The number of carbonyl (C=O) groups is 2. The van der Waals surface area contributed by atoms with Crippen molar-refractivity contribution >= 4 is 40.9 Å². The third kappa shape index (κ3) is 4.75. The molecule has 0 spiro atoms. The lowest BCUT2D eigenvalue weighted by Crippen LogP contribution is -2.43. The van der Waals surface area contributed by atoms with E-state index in [2.05, 4.69) is 19.2 Å². The zero-order valence-corrected chi connectivity index (χ0v) is 19.2. The second-order valence-corrected chi connectivity index (χ2v) is 9.96. The van der Waals surface area contributed by atoms with Gasteiger partial charge in [-0.25, -0.2) is 4.39 Å². The predicted octanol–water partition coefficient (Wildman–Crippen LogP) is 5.67. The van der Waals surface area contributed by atoms with Crippen LogP contribution in [0.25, 0.3) is 0 Å². The molecule has 3 unspecified atom stereocenters. The normalized spacial score (nSPS) is 23.4. The highest BCUT2D eigenvalue weighted by molar-refractivity contribution is 8.00. The van der Waals surface area contributed by atoms with Crippen LogP contribution >= 0.6 is 23.4 Å². The molecule has 164 valence electrons. The maximum absolute atomic E-state index is 13.4. The summed E-state index contributed by atoms with van der Waals surface area (Å²) in [5.74, 6) is 0.744. The van der Waals surface area contributed by atoms with E-state index in [-0.39, 0.29) is 29.4 Å². The first-order valence-electron chi connectivity index (χ1n) is 10.7. The summed E-state index contributed by atoms with van der Waals surface area (Å²) in [6, 6.07) is 9.83. The number of amides is 2. The van der Waals surface area contributed by atoms with Gasteiger partial charge in [-0.15, -0.1) is 11.8 Å². The quantitative estimate of drug-likeness (QED) is 0.639. The molecule has 4 nitrogen and oxygen atoms in total. The topological polar surface area (TPSA) is 49.4 Å². The minimum Gasteiger partial charge on any atom is -0.349 e. The molecule has 7 heteroatoms. The first-order valence-corrected chi connectivity index (χ1v) is 12.0. The maximum Gasteiger partial charge on any atom is 0.251 e. The minimum atomic E-state index is -0.417. The molecule has 1 heterocycles. The number of nitrogens with one attached hydrogen (secondary N) is 1. The van der Waals surface area contributed by atoms with Crippen LogP contribution in [0.5, 0.6) is 0 Å². The van der Waals surface area contributed by atoms with E-state index < -0.39 is 5.82 Å². The largest absolute Gasteiger partial charge is 0.349 e. The van der Waals surface area contributed by atoms with Crippen molar-refractivity contribution in [1.82, 2.24) is 5.32 Å². The van der Waals surface area contributed by atoms with Crippen molar-refractivity contribution in [3.63, 3.8) is 0 Å². The van der Waals surface area contributed by atoms with Gasteiger partial charge in [-0.2, -0.15) is 0 Å². The molecule has 0 bridgehead atoms. The van der Waals surface area contributed by atoms with Crippen LogP contribution in [0, 0.1) is 17.7 Å². The molecule has 2 aromatic rings. The van der Waals surface area contributed by atoms with Gasteiger partial charge in [-0.05, 0) is 54.2 Å². The molecule has 3 atom stereocenters. The number of carbonyl (C=O) groups excluding carboxylic acids is 2. The Bertz CT molecular complexity index is 1020. The number of hydrogen-bond donors (Lipinski definition) is 1. The van der Waals surface area contributed by atoms with E-state index in [0.717, 1.165) is 17.7 Å². The second-order valence-electron chi connectivity index (χ2n) is 8.53. The van der Waals surface area contributed by atoms with Crippen molar-refractivity contribution in [3.05, 3.63) is 58.4 Å². The lowest BCUT2D eigenvalue weighted by Gasteiger charge is -2.34. The van der Waals surface area contributed by atoms with Gasteiger partial charge in [0.05, 0.1) is 18.0 Å². The van der Waals surface area contributed by atoms with Crippen molar-refractivity contribution in [2.45, 2.75) is 50.6 Å². The number of fused-ring (bicyclic) bond motifs is 1. The molecule has 0 saturated heterocycles. The molecule has 1 saturated carbocycles. The molecule has 2 amide bonds. The highest BCUT2D eigenvalue weighted by atomic mass is 35.5. The number of halogens is 2. The van der Waals surface area contributed by atoms with Crippen molar-refractivity contribution in [1.29, 1.82) is 0 Å². The van der Waals surface area contributed by atoms with Gasteiger partial charge in [-0.3, -0.25) is 9.59 Å². The van der Waals surface area contributed by atoms with Gasteiger partial charge in [0, 0.05) is 21.5 Å². The fourth-order valence-electron chi connectivity index (χ4n) is 4.37. The molecular weight excluding hydrogens is 435 g/mol. The lowest BCUT2D eigenvalue weighted by molar-refractivity contribution is -0.116. The fourth-order valence-corrected chi connectivity index (χ4v) is 5.52. The maximum atomic E-state index is 13.4. The summed E-state index contributed by atoms with van der Waals surface area (Å²) in [6.45, 7) is 4.67. The molecule has 0 radical (unpaired) electrons. The molecule has 2 aliphatic rings. The number of benzene rings is 2. The van der Waals surface area contributed by atoms with Crippen molar-refractivity contribution in [2.75, 3.05) is 10.7 Å². The molecule has 1 aliphatic heterocycles. The van der Waals surface area contributed by atoms with E-state index in [9.17, 15) is 14.0 Å². The smallest absolute Gasteiger partial charge is 0.251 e. The summed E-state index contributed by atoms with van der Waals surface area (Å²) in [4.78, 5) is 28.3. The molecule has 0 aromatic heterocycles. The highest BCUT2D eigenvalue weighted by Gasteiger charge is 2.30. The van der Waals surface area contributed by atoms with Crippen LogP contribution in [0.2, 0.25) is 5.02 Å². The van der Waals surface area contributed by atoms with Gasteiger partial charge in [-0.1, -0.05) is 44.4 Å². The van der Waals surface area contributed by atoms with Crippen LogP contribution in [0.1, 0.15) is 49.0 Å². The number of anilines is 1. The van der Waals surface area contributed by atoms with Gasteiger partial charge in [0.2, 0.25) is 5.91 Å². The first-order chi connectivity index (χ1) is 14.8. The minimum absolute atomic E-state index is 0.0647. The average Bonchev–Trinajstić information content (AvgIpc) is 2.74. The Labute approximate surface area is 191 Å². The van der Waals surface area contributed by atoms with Gasteiger partial charge in [0.15, 0.2) is 0 Å². The summed E-state index contributed by atoms with van der Waals surface area (Å²) in [5.41, 5.74) is 1.89. The molecular formula is C24H26ClFN2O2S. The fraction of sp³-hybridized carbons (Fsp3) is 0.417. The van der Waals surface area contributed by atoms with E-state index in [4.69, 9.17) is 11.6 Å². The Morgan fingerprint density at radius 1 is 1.23 bits per heavy atom. The van der Waals surface area contributed by atoms with Crippen molar-refractivity contribution in [3.8, 4) is 0 Å². The number of thioether (sulfide) groups is 1. The molecule has 2 aromatic carbocycles. The lowest BCUT2D eigenvalue weighted by atomic mass is 9.78. The molecule has 4 rings (SSSR count). The third-order valence-corrected chi connectivity index (χ3v) is 7.93. The predicted molar refractivity (Wildman–Crippen MR) is 123 cm³/mol. The van der Waals surface area contributed by atoms with Crippen LogP contribution in [0.15, 0.2) is 41.3 Å². The molecule has 31 heavy (non-hydrogen) atoms. The van der Waals surface area contributed by atoms with Gasteiger partial charge in [0.1, 0.15) is 5.82 Å². The molecule has 1 fully saturated rings. The van der Waals surface area contributed by atoms with Gasteiger partial charge in [0.25, 0.3) is 5.91 Å². The zero-order valence-electron chi connectivity index (χ0n) is 17.7. The molecule has 1 N–H and O–H groups in total. The Morgan fingerprint density at radius 3 is 2.81 bits per heavy atom. The summed E-state index contributed by atoms with van der Waals surface area (Å²) in [6.07, 6.45) is 3.32. The van der Waals surface area contributed by atoms with Crippen LogP contribution in [0.4, 0.5) is 10.1 Å². The number of hydrogen-bond acceptors (Lipinski definition) is 3. The van der Waals surface area contributed by atoms with E-state index in [1.807, 2.05) is 12.1 Å². The summed E-state index contributed by atoms with van der Waals surface area (Å²) >= 11 is 7.65. The summed E-state index contributed by atoms with van der Waals surface area (Å²) in [5, 5.41) is 3.48. The van der Waals surface area contributed by atoms with Gasteiger partial charge >= 0.3 is 0 Å². The van der Waals surface area contributed by atoms with E-state index in [1.165, 1.54) is 30.3 Å². The second kappa shape index (κ2) is 9.21. The van der Waals surface area contributed by atoms with Crippen LogP contribution < -0.4 is 10.2 Å². The Hall–Kier alpha value is -2.05. The van der Waals surface area contributed by atoms with E-state index in [1.54, 1.807) is 17.0 Å². The van der Waals surface area contributed by atoms with E-state index in [0.29, 0.717) is 34.4 Å². The summed E-state index contributed by atoms with van der Waals surface area (Å²) < 4.78 is 13.4. The Kier molecular flexibility index (Phi) is 6.58. The Morgan fingerprint density at radius 2 is 2.03 bits per heavy atom. The number of rotatable bonds is 4. The van der Waals surface area contributed by atoms with Gasteiger partial charge < -0.3 is 10.2 Å². The van der Waals surface area contributed by atoms with Crippen LogP contribution in [0.3, 0.4) is 0 Å². The standard InChI is InChI=1S/C24H26ClFN2O2S/c1-14-4-3-5-20(15(14)2)27-24(30)16-7-9-22-21(10-16)28(23(29)13-31-22)12-17-6-8-18(26)11-19(17)25/h6-11,14-15,20H,3-5,12-13H2,1-2H3,(H,27,30). The average molecular weight is 461 g/mol. The zero-order chi connectivity index (χ0) is 22.1. The van der Waals surface area contributed by atoms with Crippen LogP contribution in [-0.4, -0.2) is 23.6 Å². The SMILES string of the molecule is CC1CCCC(NC(=O)c2ccc3c(c2)N(Cc2ccc(F)cc2Cl)C(=O)CS3)C1C.